The lowest BCUT2D eigenvalue weighted by Gasteiger charge is -2.22. The average Bonchev–Trinajstić information content (AvgIpc) is 2.64. The second kappa shape index (κ2) is 5.38. The van der Waals surface area contributed by atoms with Crippen LogP contribution in [0.5, 0.6) is 0 Å². The summed E-state index contributed by atoms with van der Waals surface area (Å²) in [5.74, 6) is 0.664. The van der Waals surface area contributed by atoms with Crippen molar-refractivity contribution in [2.45, 2.75) is 32.9 Å². The van der Waals surface area contributed by atoms with Crippen molar-refractivity contribution in [3.8, 4) is 0 Å². The third kappa shape index (κ3) is 3.01. The fourth-order valence-electron chi connectivity index (χ4n) is 2.66. The first-order chi connectivity index (χ1) is 8.10. The van der Waals surface area contributed by atoms with Gasteiger partial charge in [0, 0.05) is 24.2 Å². The Bertz CT molecular complexity index is 392. The molecule has 2 unspecified atom stereocenters. The minimum atomic E-state index is 0.638. The molecule has 3 heteroatoms. The fourth-order valence-corrected chi connectivity index (χ4v) is 2.89. The fraction of sp³-hybridized carbons (Fsp3) is 0.571. The first-order valence-corrected chi connectivity index (χ1v) is 6.67. The number of nitrogens with zero attached hydrogens (tertiary/aromatic N) is 1. The van der Waals surface area contributed by atoms with Gasteiger partial charge in [0.05, 0.1) is 0 Å². The van der Waals surface area contributed by atoms with E-state index >= 15 is 0 Å². The molecule has 1 heterocycles. The third-order valence-electron chi connectivity index (χ3n) is 3.80. The van der Waals surface area contributed by atoms with E-state index in [4.69, 9.17) is 17.3 Å². The molecule has 0 radical (unpaired) electrons. The zero-order valence-corrected chi connectivity index (χ0v) is 11.4. The van der Waals surface area contributed by atoms with Gasteiger partial charge in [-0.3, -0.25) is 4.90 Å². The van der Waals surface area contributed by atoms with Gasteiger partial charge >= 0.3 is 0 Å². The number of halogens is 1. The minimum Gasteiger partial charge on any atom is -0.330 e. The zero-order valence-electron chi connectivity index (χ0n) is 10.6. The Balaban J connectivity index is 2.06. The summed E-state index contributed by atoms with van der Waals surface area (Å²) in [5, 5.41) is 0.820. The predicted octanol–water partition coefficient (Wildman–Crippen LogP) is 2.82. The van der Waals surface area contributed by atoms with Crippen molar-refractivity contribution in [3.05, 3.63) is 34.3 Å². The van der Waals surface area contributed by atoms with E-state index in [1.807, 2.05) is 12.1 Å². The number of rotatable bonds is 3. The molecule has 1 aliphatic heterocycles. The number of benzene rings is 1. The number of hydrogen-bond acceptors (Lipinski definition) is 2. The second-order valence-corrected chi connectivity index (χ2v) is 5.62. The normalized spacial score (nSPS) is 25.4. The smallest absolute Gasteiger partial charge is 0.0408 e. The molecule has 0 aromatic heterocycles. The van der Waals surface area contributed by atoms with Crippen molar-refractivity contribution in [3.63, 3.8) is 0 Å². The minimum absolute atomic E-state index is 0.638. The van der Waals surface area contributed by atoms with Crippen molar-refractivity contribution >= 4 is 11.6 Å². The molecule has 1 aliphatic rings. The maximum Gasteiger partial charge on any atom is 0.0408 e. The van der Waals surface area contributed by atoms with Gasteiger partial charge in [0.15, 0.2) is 0 Å². The third-order valence-corrected chi connectivity index (χ3v) is 4.04. The molecule has 0 saturated carbocycles. The highest BCUT2D eigenvalue weighted by Gasteiger charge is 2.27. The van der Waals surface area contributed by atoms with Gasteiger partial charge in [-0.05, 0) is 56.0 Å². The Morgan fingerprint density at radius 3 is 2.82 bits per heavy atom. The maximum atomic E-state index is 5.98. The molecule has 94 valence electrons. The van der Waals surface area contributed by atoms with Crippen LogP contribution in [0.3, 0.4) is 0 Å². The maximum absolute atomic E-state index is 5.98. The van der Waals surface area contributed by atoms with Gasteiger partial charge < -0.3 is 5.73 Å². The Morgan fingerprint density at radius 1 is 1.47 bits per heavy atom. The molecule has 2 N–H and O–H groups in total. The van der Waals surface area contributed by atoms with E-state index in [0.717, 1.165) is 24.7 Å². The SMILES string of the molecule is Cc1cc(Cl)ccc1CN1CC(CN)CC1C. The summed E-state index contributed by atoms with van der Waals surface area (Å²) < 4.78 is 0. The summed E-state index contributed by atoms with van der Waals surface area (Å²) in [6, 6.07) is 6.79. The Labute approximate surface area is 109 Å². The molecule has 2 nitrogen and oxygen atoms in total. The van der Waals surface area contributed by atoms with Crippen LogP contribution in [0.1, 0.15) is 24.5 Å². The van der Waals surface area contributed by atoms with Crippen molar-refractivity contribution in [2.75, 3.05) is 13.1 Å². The quantitative estimate of drug-likeness (QED) is 0.897. The Kier molecular flexibility index (Phi) is 4.08. The predicted molar refractivity (Wildman–Crippen MR) is 73.2 cm³/mol. The van der Waals surface area contributed by atoms with Gasteiger partial charge in [0.2, 0.25) is 0 Å². The van der Waals surface area contributed by atoms with Crippen LogP contribution >= 0.6 is 11.6 Å². The molecule has 2 rings (SSSR count). The van der Waals surface area contributed by atoms with Crippen LogP contribution in [0.15, 0.2) is 18.2 Å². The van der Waals surface area contributed by atoms with Crippen molar-refractivity contribution in [1.29, 1.82) is 0 Å². The largest absolute Gasteiger partial charge is 0.330 e. The molecule has 0 aliphatic carbocycles. The second-order valence-electron chi connectivity index (χ2n) is 5.19. The van der Waals surface area contributed by atoms with Crippen molar-refractivity contribution in [2.24, 2.45) is 11.7 Å². The van der Waals surface area contributed by atoms with Crippen LogP contribution in [0.4, 0.5) is 0 Å². The van der Waals surface area contributed by atoms with Crippen LogP contribution < -0.4 is 5.73 Å². The van der Waals surface area contributed by atoms with Gasteiger partial charge in [-0.2, -0.15) is 0 Å². The van der Waals surface area contributed by atoms with E-state index in [1.165, 1.54) is 17.5 Å². The average molecular weight is 253 g/mol. The highest BCUT2D eigenvalue weighted by Crippen LogP contribution is 2.25. The lowest BCUT2D eigenvalue weighted by Crippen LogP contribution is -2.27. The molecule has 0 bridgehead atoms. The molecular formula is C14H21ClN2. The summed E-state index contributed by atoms with van der Waals surface area (Å²) in [6.45, 7) is 7.37. The molecule has 1 fully saturated rings. The van der Waals surface area contributed by atoms with Crippen molar-refractivity contribution < 1.29 is 0 Å². The first kappa shape index (κ1) is 12.9. The van der Waals surface area contributed by atoms with E-state index in [0.29, 0.717) is 12.0 Å². The van der Waals surface area contributed by atoms with Gasteiger partial charge in [0.25, 0.3) is 0 Å². The van der Waals surface area contributed by atoms with Gasteiger partial charge in [-0.25, -0.2) is 0 Å². The number of likely N-dealkylation sites (tertiary alicyclic amines) is 1. The monoisotopic (exact) mass is 252 g/mol. The summed E-state index contributed by atoms with van der Waals surface area (Å²) in [4.78, 5) is 2.52. The molecule has 1 saturated heterocycles. The summed E-state index contributed by atoms with van der Waals surface area (Å²) in [6.07, 6.45) is 1.23. The van der Waals surface area contributed by atoms with E-state index in [1.54, 1.807) is 0 Å². The molecule has 1 aromatic rings. The lowest BCUT2D eigenvalue weighted by atomic mass is 10.1. The van der Waals surface area contributed by atoms with Gasteiger partial charge in [-0.1, -0.05) is 17.7 Å². The topological polar surface area (TPSA) is 29.3 Å². The lowest BCUT2D eigenvalue weighted by molar-refractivity contribution is 0.255. The van der Waals surface area contributed by atoms with Gasteiger partial charge in [0.1, 0.15) is 0 Å². The number of hydrogen-bond donors (Lipinski definition) is 1. The standard InChI is InChI=1S/C14H21ClN2/c1-10-5-14(15)4-3-13(10)9-17-8-12(7-16)6-11(17)2/h3-5,11-12H,6-9,16H2,1-2H3. The zero-order chi connectivity index (χ0) is 12.4. The highest BCUT2D eigenvalue weighted by atomic mass is 35.5. The van der Waals surface area contributed by atoms with E-state index in [9.17, 15) is 0 Å². The summed E-state index contributed by atoms with van der Waals surface area (Å²) in [5.41, 5.74) is 8.41. The Morgan fingerprint density at radius 2 is 2.24 bits per heavy atom. The van der Waals surface area contributed by atoms with Crippen LogP contribution in [-0.2, 0) is 6.54 Å². The number of aryl methyl sites for hydroxylation is 1. The van der Waals surface area contributed by atoms with Crippen LogP contribution in [0, 0.1) is 12.8 Å². The van der Waals surface area contributed by atoms with Crippen LogP contribution in [0.2, 0.25) is 5.02 Å². The van der Waals surface area contributed by atoms with Gasteiger partial charge in [-0.15, -0.1) is 0 Å². The summed E-state index contributed by atoms with van der Waals surface area (Å²) >= 11 is 5.98. The molecule has 1 aromatic carbocycles. The summed E-state index contributed by atoms with van der Waals surface area (Å²) in [7, 11) is 0. The molecule has 17 heavy (non-hydrogen) atoms. The molecule has 0 spiro atoms. The highest BCUT2D eigenvalue weighted by molar-refractivity contribution is 6.30. The van der Waals surface area contributed by atoms with E-state index < -0.39 is 0 Å². The first-order valence-electron chi connectivity index (χ1n) is 6.29. The van der Waals surface area contributed by atoms with Crippen LogP contribution in [0.25, 0.3) is 0 Å². The van der Waals surface area contributed by atoms with Crippen molar-refractivity contribution in [1.82, 2.24) is 4.90 Å². The number of nitrogens with two attached hydrogens (primary N) is 1. The molecule has 0 amide bonds. The van der Waals surface area contributed by atoms with E-state index in [-0.39, 0.29) is 0 Å². The Hall–Kier alpha value is -0.570. The molecule has 2 atom stereocenters. The van der Waals surface area contributed by atoms with E-state index in [2.05, 4.69) is 24.8 Å². The molecular weight excluding hydrogens is 232 g/mol. The van der Waals surface area contributed by atoms with Crippen LogP contribution in [-0.4, -0.2) is 24.0 Å².